The first-order valence-corrected chi connectivity index (χ1v) is 11.2. The van der Waals surface area contributed by atoms with Crippen LogP contribution in [0.1, 0.15) is 36.8 Å². The number of nitrogens with zero attached hydrogens (tertiary/aromatic N) is 1. The van der Waals surface area contributed by atoms with Crippen LogP contribution in [0.5, 0.6) is 0 Å². The smallest absolute Gasteiger partial charge is 0.410 e. The summed E-state index contributed by atoms with van der Waals surface area (Å²) < 4.78 is 5.37. The van der Waals surface area contributed by atoms with Crippen LogP contribution in [0.2, 0.25) is 5.02 Å². The lowest BCUT2D eigenvalue weighted by atomic mass is 10.2. The van der Waals surface area contributed by atoms with Crippen molar-refractivity contribution in [3.05, 3.63) is 70.7 Å². The largest absolute Gasteiger partial charge is 0.445 e. The van der Waals surface area contributed by atoms with Gasteiger partial charge in [0.05, 0.1) is 0 Å². The summed E-state index contributed by atoms with van der Waals surface area (Å²) in [5, 5.41) is 6.27. The number of likely N-dealkylation sites (tertiary alicyclic amines) is 1. The van der Waals surface area contributed by atoms with Gasteiger partial charge in [-0.2, -0.15) is 0 Å². The normalized spacial score (nSPS) is 15.3. The number of carbonyl (C=O) groups is 3. The number of hydrogen-bond acceptors (Lipinski definition) is 4. The monoisotopic (exact) mass is 457 g/mol. The average molecular weight is 458 g/mol. The van der Waals surface area contributed by atoms with Gasteiger partial charge in [-0.25, -0.2) is 4.79 Å². The fourth-order valence-electron chi connectivity index (χ4n) is 3.56. The van der Waals surface area contributed by atoms with Crippen LogP contribution in [0.4, 0.5) is 4.79 Å². The lowest BCUT2D eigenvalue weighted by Gasteiger charge is -2.23. The molecule has 1 atom stereocenters. The maximum absolute atomic E-state index is 12.6. The van der Waals surface area contributed by atoms with Gasteiger partial charge in [-0.05, 0) is 36.5 Å². The Balaban J connectivity index is 1.35. The molecule has 2 aromatic carbocycles. The van der Waals surface area contributed by atoms with Crippen molar-refractivity contribution < 1.29 is 19.1 Å². The minimum atomic E-state index is -0.535. The molecule has 170 valence electrons. The molecule has 1 heterocycles. The van der Waals surface area contributed by atoms with Crippen LogP contribution in [0, 0.1) is 0 Å². The molecule has 8 heteroatoms. The van der Waals surface area contributed by atoms with Gasteiger partial charge in [0, 0.05) is 31.1 Å². The third-order valence-electron chi connectivity index (χ3n) is 5.31. The third kappa shape index (κ3) is 6.99. The molecule has 0 spiro atoms. The molecule has 1 saturated heterocycles. The second kappa shape index (κ2) is 12.1. The standard InChI is InChI=1S/C24H28ClN3O4/c25-20-11-5-4-10-19(20)16-27-22(29)13-6-14-26-23(30)21-12-7-15-28(21)24(31)32-17-18-8-2-1-3-9-18/h1-5,8-11,21H,6-7,12-17H2,(H,26,30)(H,27,29)/t21-/m0/s1. The van der Waals surface area contributed by atoms with Gasteiger partial charge in [0.2, 0.25) is 11.8 Å². The van der Waals surface area contributed by atoms with Crippen LogP contribution >= 0.6 is 11.6 Å². The molecule has 0 radical (unpaired) electrons. The first-order valence-electron chi connectivity index (χ1n) is 10.8. The Morgan fingerprint density at radius 3 is 2.56 bits per heavy atom. The van der Waals surface area contributed by atoms with Crippen LogP contribution in [-0.2, 0) is 27.5 Å². The van der Waals surface area contributed by atoms with Gasteiger partial charge < -0.3 is 15.4 Å². The van der Waals surface area contributed by atoms with E-state index in [2.05, 4.69) is 10.6 Å². The fraction of sp³-hybridized carbons (Fsp3) is 0.375. The third-order valence-corrected chi connectivity index (χ3v) is 5.68. The van der Waals surface area contributed by atoms with Crippen molar-refractivity contribution in [3.8, 4) is 0 Å². The molecule has 1 aliphatic heterocycles. The fourth-order valence-corrected chi connectivity index (χ4v) is 3.76. The molecule has 3 rings (SSSR count). The van der Waals surface area contributed by atoms with E-state index in [1.807, 2.05) is 48.5 Å². The lowest BCUT2D eigenvalue weighted by molar-refractivity contribution is -0.125. The van der Waals surface area contributed by atoms with Gasteiger partial charge in [-0.3, -0.25) is 14.5 Å². The average Bonchev–Trinajstić information content (AvgIpc) is 3.30. The predicted molar refractivity (Wildman–Crippen MR) is 122 cm³/mol. The van der Waals surface area contributed by atoms with Crippen molar-refractivity contribution in [2.45, 2.75) is 44.9 Å². The molecule has 1 fully saturated rings. The van der Waals surface area contributed by atoms with Crippen molar-refractivity contribution in [1.29, 1.82) is 0 Å². The number of carbonyl (C=O) groups excluding carboxylic acids is 3. The highest BCUT2D eigenvalue weighted by molar-refractivity contribution is 6.31. The Hall–Kier alpha value is -3.06. The van der Waals surface area contributed by atoms with Crippen molar-refractivity contribution in [2.75, 3.05) is 13.1 Å². The number of rotatable bonds is 9. The molecule has 7 nitrogen and oxygen atoms in total. The Morgan fingerprint density at radius 2 is 1.78 bits per heavy atom. The Labute approximate surface area is 193 Å². The van der Waals surface area contributed by atoms with E-state index in [1.165, 1.54) is 4.90 Å². The van der Waals surface area contributed by atoms with Gasteiger partial charge in [-0.15, -0.1) is 0 Å². The van der Waals surface area contributed by atoms with E-state index in [0.717, 1.165) is 17.5 Å². The molecule has 2 N–H and O–H groups in total. The van der Waals surface area contributed by atoms with Crippen molar-refractivity contribution in [1.82, 2.24) is 15.5 Å². The van der Waals surface area contributed by atoms with E-state index in [-0.39, 0.29) is 24.8 Å². The molecule has 0 saturated carbocycles. The maximum atomic E-state index is 12.6. The van der Waals surface area contributed by atoms with Crippen LogP contribution in [0.3, 0.4) is 0 Å². The summed E-state index contributed by atoms with van der Waals surface area (Å²) in [4.78, 5) is 38.5. The van der Waals surface area contributed by atoms with E-state index in [1.54, 1.807) is 6.07 Å². The van der Waals surface area contributed by atoms with E-state index in [4.69, 9.17) is 16.3 Å². The predicted octanol–water partition coefficient (Wildman–Crippen LogP) is 3.65. The lowest BCUT2D eigenvalue weighted by Crippen LogP contribution is -2.46. The summed E-state index contributed by atoms with van der Waals surface area (Å²) >= 11 is 6.08. The molecule has 1 aliphatic rings. The molecule has 0 aromatic heterocycles. The zero-order valence-electron chi connectivity index (χ0n) is 17.9. The number of halogens is 1. The Morgan fingerprint density at radius 1 is 1.03 bits per heavy atom. The summed E-state index contributed by atoms with van der Waals surface area (Å²) in [6.45, 7) is 1.40. The van der Waals surface area contributed by atoms with Gasteiger partial charge in [0.15, 0.2) is 0 Å². The van der Waals surface area contributed by atoms with Crippen molar-refractivity contribution >= 4 is 29.5 Å². The molecule has 3 amide bonds. The van der Waals surface area contributed by atoms with Crippen LogP contribution < -0.4 is 10.6 Å². The molecule has 32 heavy (non-hydrogen) atoms. The second-order valence-corrected chi connectivity index (χ2v) is 8.06. The molecular weight excluding hydrogens is 430 g/mol. The number of amides is 3. The Kier molecular flexibility index (Phi) is 8.92. The summed E-state index contributed by atoms with van der Waals surface area (Å²) in [5.41, 5.74) is 1.75. The highest BCUT2D eigenvalue weighted by Gasteiger charge is 2.34. The van der Waals surface area contributed by atoms with Crippen LogP contribution in [0.15, 0.2) is 54.6 Å². The molecule has 0 aliphatic carbocycles. The van der Waals surface area contributed by atoms with E-state index in [0.29, 0.717) is 37.5 Å². The first kappa shape index (κ1) is 23.6. The zero-order valence-corrected chi connectivity index (χ0v) is 18.6. The van der Waals surface area contributed by atoms with Gasteiger partial charge >= 0.3 is 6.09 Å². The Bertz CT molecular complexity index is 922. The zero-order chi connectivity index (χ0) is 22.8. The number of nitrogens with one attached hydrogen (secondary N) is 2. The number of ether oxygens (including phenoxy) is 1. The van der Waals surface area contributed by atoms with E-state index in [9.17, 15) is 14.4 Å². The molecular formula is C24H28ClN3O4. The number of benzene rings is 2. The van der Waals surface area contributed by atoms with Crippen LogP contribution in [-0.4, -0.2) is 41.9 Å². The summed E-state index contributed by atoms with van der Waals surface area (Å²) in [7, 11) is 0. The second-order valence-electron chi connectivity index (χ2n) is 7.65. The SMILES string of the molecule is O=C(CCCNC(=O)[C@@H]1CCCN1C(=O)OCc1ccccc1)NCc1ccccc1Cl. The van der Waals surface area contributed by atoms with Gasteiger partial charge in [-0.1, -0.05) is 60.1 Å². The molecule has 0 unspecified atom stereocenters. The highest BCUT2D eigenvalue weighted by Crippen LogP contribution is 2.19. The molecule has 2 aromatic rings. The highest BCUT2D eigenvalue weighted by atomic mass is 35.5. The van der Waals surface area contributed by atoms with E-state index >= 15 is 0 Å². The molecule has 0 bridgehead atoms. The first-order chi connectivity index (χ1) is 15.5. The van der Waals surface area contributed by atoms with Crippen molar-refractivity contribution in [2.24, 2.45) is 0 Å². The topological polar surface area (TPSA) is 87.7 Å². The quantitative estimate of drug-likeness (QED) is 0.562. The van der Waals surface area contributed by atoms with Crippen LogP contribution in [0.25, 0.3) is 0 Å². The van der Waals surface area contributed by atoms with Crippen molar-refractivity contribution in [3.63, 3.8) is 0 Å². The van der Waals surface area contributed by atoms with E-state index < -0.39 is 12.1 Å². The number of hydrogen-bond donors (Lipinski definition) is 2. The summed E-state index contributed by atoms with van der Waals surface area (Å²) in [6.07, 6.45) is 1.67. The minimum Gasteiger partial charge on any atom is -0.445 e. The minimum absolute atomic E-state index is 0.105. The van der Waals surface area contributed by atoms with Gasteiger partial charge in [0.1, 0.15) is 12.6 Å². The maximum Gasteiger partial charge on any atom is 0.410 e. The summed E-state index contributed by atoms with van der Waals surface area (Å²) in [6, 6.07) is 16.2. The summed E-state index contributed by atoms with van der Waals surface area (Å²) in [5.74, 6) is -0.318. The van der Waals surface area contributed by atoms with Gasteiger partial charge in [0.25, 0.3) is 0 Å².